The van der Waals surface area contributed by atoms with E-state index in [1.165, 1.54) is 7.11 Å². The molecule has 1 rings (SSSR count). The highest BCUT2D eigenvalue weighted by Crippen LogP contribution is 2.22. The number of nitrogens with two attached hydrogens (primary N) is 1. The van der Waals surface area contributed by atoms with E-state index in [1.807, 2.05) is 32.0 Å². The molecule has 0 saturated carbocycles. The number of methoxy groups -OCH3 is 1. The first-order valence-corrected chi connectivity index (χ1v) is 5.56. The van der Waals surface area contributed by atoms with Gasteiger partial charge in [-0.3, -0.25) is 0 Å². The Morgan fingerprint density at radius 2 is 2.00 bits per heavy atom. The van der Waals surface area contributed by atoms with Gasteiger partial charge in [0.2, 0.25) is 0 Å². The number of carbonyl (C=O) groups is 1. The van der Waals surface area contributed by atoms with E-state index in [1.54, 1.807) is 6.92 Å². The lowest BCUT2D eigenvalue weighted by molar-refractivity contribution is -0.147. The quantitative estimate of drug-likeness (QED) is 0.813. The maximum atomic E-state index is 11.2. The smallest absolute Gasteiger partial charge is 0.346 e. The lowest BCUT2D eigenvalue weighted by Gasteiger charge is -2.15. The molecule has 2 N–H and O–H groups in total. The number of ether oxygens (including phenoxy) is 2. The zero-order valence-electron chi connectivity index (χ0n) is 10.7. The molecular formula is C13H19NO3. The van der Waals surface area contributed by atoms with Gasteiger partial charge in [0.25, 0.3) is 0 Å². The van der Waals surface area contributed by atoms with Crippen molar-refractivity contribution in [1.82, 2.24) is 0 Å². The SMILES string of the molecule is COC(=O)C(C)Oc1ccc(C(C)N)cc1C. The minimum Gasteiger partial charge on any atom is -0.479 e. The van der Waals surface area contributed by atoms with Crippen LogP contribution in [0.3, 0.4) is 0 Å². The van der Waals surface area contributed by atoms with Crippen molar-refractivity contribution in [3.63, 3.8) is 0 Å². The van der Waals surface area contributed by atoms with E-state index in [0.717, 1.165) is 11.1 Å². The summed E-state index contributed by atoms with van der Waals surface area (Å²) in [5.74, 6) is 0.285. The molecule has 0 spiro atoms. The Morgan fingerprint density at radius 3 is 2.47 bits per heavy atom. The molecular weight excluding hydrogens is 218 g/mol. The summed E-state index contributed by atoms with van der Waals surface area (Å²) < 4.78 is 10.1. The van der Waals surface area contributed by atoms with Gasteiger partial charge in [0.05, 0.1) is 7.11 Å². The maximum absolute atomic E-state index is 11.2. The normalized spacial score (nSPS) is 13.9. The van der Waals surface area contributed by atoms with Crippen LogP contribution in [-0.4, -0.2) is 19.2 Å². The van der Waals surface area contributed by atoms with Gasteiger partial charge in [-0.2, -0.15) is 0 Å². The van der Waals surface area contributed by atoms with Crippen LogP contribution in [0.4, 0.5) is 0 Å². The van der Waals surface area contributed by atoms with Gasteiger partial charge in [-0.15, -0.1) is 0 Å². The van der Waals surface area contributed by atoms with Crippen molar-refractivity contribution in [1.29, 1.82) is 0 Å². The van der Waals surface area contributed by atoms with Crippen molar-refractivity contribution in [3.8, 4) is 5.75 Å². The molecule has 0 bridgehead atoms. The Kier molecular flexibility index (Phi) is 4.52. The number of hydrogen-bond acceptors (Lipinski definition) is 4. The summed E-state index contributed by atoms with van der Waals surface area (Å²) in [5.41, 5.74) is 7.79. The third-order valence-electron chi connectivity index (χ3n) is 2.56. The molecule has 0 saturated heterocycles. The Hall–Kier alpha value is -1.55. The molecule has 1 aromatic rings. The zero-order valence-corrected chi connectivity index (χ0v) is 10.7. The van der Waals surface area contributed by atoms with Crippen LogP contribution < -0.4 is 10.5 Å². The predicted octanol–water partition coefficient (Wildman–Crippen LogP) is 1.96. The molecule has 0 aromatic heterocycles. The molecule has 0 radical (unpaired) electrons. The van der Waals surface area contributed by atoms with Crippen LogP contribution in [0.2, 0.25) is 0 Å². The summed E-state index contributed by atoms with van der Waals surface area (Å²) in [6, 6.07) is 5.68. The number of aryl methyl sites for hydroxylation is 1. The minimum absolute atomic E-state index is 0.0132. The van der Waals surface area contributed by atoms with Crippen LogP contribution in [-0.2, 0) is 9.53 Å². The van der Waals surface area contributed by atoms with Crippen molar-refractivity contribution in [3.05, 3.63) is 29.3 Å². The van der Waals surface area contributed by atoms with Gasteiger partial charge in [-0.1, -0.05) is 12.1 Å². The second kappa shape index (κ2) is 5.68. The van der Waals surface area contributed by atoms with E-state index in [0.29, 0.717) is 5.75 Å². The summed E-state index contributed by atoms with van der Waals surface area (Å²) in [6.45, 7) is 5.50. The summed E-state index contributed by atoms with van der Waals surface area (Å²) in [4.78, 5) is 11.2. The fraction of sp³-hybridized carbons (Fsp3) is 0.462. The standard InChI is InChI=1S/C13H19NO3/c1-8-7-11(9(2)14)5-6-12(8)17-10(3)13(15)16-4/h5-7,9-10H,14H2,1-4H3. The summed E-state index contributed by atoms with van der Waals surface area (Å²) >= 11 is 0. The Bertz CT molecular complexity index is 402. The molecule has 0 aliphatic heterocycles. The van der Waals surface area contributed by atoms with E-state index < -0.39 is 6.10 Å². The van der Waals surface area contributed by atoms with Gasteiger partial charge < -0.3 is 15.2 Å². The first-order valence-electron chi connectivity index (χ1n) is 5.56. The van der Waals surface area contributed by atoms with E-state index >= 15 is 0 Å². The Morgan fingerprint density at radius 1 is 1.35 bits per heavy atom. The molecule has 0 fully saturated rings. The molecule has 0 aliphatic carbocycles. The number of esters is 1. The second-order valence-electron chi connectivity index (χ2n) is 4.10. The molecule has 17 heavy (non-hydrogen) atoms. The molecule has 4 heteroatoms. The topological polar surface area (TPSA) is 61.5 Å². The molecule has 0 amide bonds. The molecule has 4 nitrogen and oxygen atoms in total. The summed E-state index contributed by atoms with van der Waals surface area (Å²) in [6.07, 6.45) is -0.611. The first-order chi connectivity index (χ1) is 7.95. The van der Waals surface area contributed by atoms with Crippen LogP contribution in [0.25, 0.3) is 0 Å². The van der Waals surface area contributed by atoms with Crippen LogP contribution in [0.5, 0.6) is 5.75 Å². The van der Waals surface area contributed by atoms with E-state index in [9.17, 15) is 4.79 Å². The van der Waals surface area contributed by atoms with Crippen molar-refractivity contribution < 1.29 is 14.3 Å². The predicted molar refractivity (Wildman–Crippen MR) is 65.9 cm³/mol. The van der Waals surface area contributed by atoms with Crippen LogP contribution in [0.1, 0.15) is 31.0 Å². The largest absolute Gasteiger partial charge is 0.479 e. The average molecular weight is 237 g/mol. The van der Waals surface area contributed by atoms with Gasteiger partial charge in [-0.05, 0) is 38.0 Å². The highest BCUT2D eigenvalue weighted by atomic mass is 16.6. The van der Waals surface area contributed by atoms with Crippen molar-refractivity contribution >= 4 is 5.97 Å². The van der Waals surface area contributed by atoms with Crippen LogP contribution in [0, 0.1) is 6.92 Å². The zero-order chi connectivity index (χ0) is 13.0. The Balaban J connectivity index is 2.83. The van der Waals surface area contributed by atoms with Gasteiger partial charge in [-0.25, -0.2) is 4.79 Å². The molecule has 2 unspecified atom stereocenters. The molecule has 0 aliphatic rings. The fourth-order valence-corrected chi connectivity index (χ4v) is 1.49. The number of benzene rings is 1. The van der Waals surface area contributed by atoms with E-state index in [2.05, 4.69) is 4.74 Å². The average Bonchev–Trinajstić information content (AvgIpc) is 2.30. The number of carbonyl (C=O) groups excluding carboxylic acids is 1. The van der Waals surface area contributed by atoms with Gasteiger partial charge in [0, 0.05) is 6.04 Å². The minimum atomic E-state index is -0.611. The van der Waals surface area contributed by atoms with Crippen molar-refractivity contribution in [2.75, 3.05) is 7.11 Å². The van der Waals surface area contributed by atoms with Crippen molar-refractivity contribution in [2.24, 2.45) is 5.73 Å². The van der Waals surface area contributed by atoms with Crippen molar-refractivity contribution in [2.45, 2.75) is 32.9 Å². The first kappa shape index (κ1) is 13.5. The summed E-state index contributed by atoms with van der Waals surface area (Å²) in [7, 11) is 1.34. The van der Waals surface area contributed by atoms with Gasteiger partial charge in [0.15, 0.2) is 6.10 Å². The molecule has 94 valence electrons. The molecule has 1 aromatic carbocycles. The lowest BCUT2D eigenvalue weighted by atomic mass is 10.1. The molecule has 0 heterocycles. The second-order valence-corrected chi connectivity index (χ2v) is 4.10. The Labute approximate surface area is 102 Å². The summed E-state index contributed by atoms with van der Waals surface area (Å²) in [5, 5.41) is 0. The lowest BCUT2D eigenvalue weighted by Crippen LogP contribution is -2.25. The van der Waals surface area contributed by atoms with E-state index in [-0.39, 0.29) is 12.0 Å². The maximum Gasteiger partial charge on any atom is 0.346 e. The van der Waals surface area contributed by atoms with Crippen LogP contribution in [0.15, 0.2) is 18.2 Å². The highest BCUT2D eigenvalue weighted by molar-refractivity contribution is 5.74. The van der Waals surface area contributed by atoms with Gasteiger partial charge in [0.1, 0.15) is 5.75 Å². The third kappa shape index (κ3) is 3.46. The fourth-order valence-electron chi connectivity index (χ4n) is 1.49. The number of rotatable bonds is 4. The third-order valence-corrected chi connectivity index (χ3v) is 2.56. The van der Waals surface area contributed by atoms with E-state index in [4.69, 9.17) is 10.5 Å². The van der Waals surface area contributed by atoms with Gasteiger partial charge >= 0.3 is 5.97 Å². The molecule has 2 atom stereocenters. The monoisotopic (exact) mass is 237 g/mol. The number of hydrogen-bond donors (Lipinski definition) is 1. The highest BCUT2D eigenvalue weighted by Gasteiger charge is 2.16. The van der Waals surface area contributed by atoms with Crippen LogP contribution >= 0.6 is 0 Å².